The summed E-state index contributed by atoms with van der Waals surface area (Å²) >= 11 is 2.96. The van der Waals surface area contributed by atoms with Crippen molar-refractivity contribution in [2.45, 2.75) is 11.3 Å². The van der Waals surface area contributed by atoms with Gasteiger partial charge in [-0.25, -0.2) is 0 Å². The monoisotopic (exact) mass is 320 g/mol. The van der Waals surface area contributed by atoms with E-state index >= 15 is 0 Å². The highest BCUT2D eigenvalue weighted by atomic mass is 32.2. The molecule has 0 atom stereocenters. The fourth-order valence-electron chi connectivity index (χ4n) is 1.78. The van der Waals surface area contributed by atoms with Crippen LogP contribution in [0.2, 0.25) is 0 Å². The molecule has 0 saturated heterocycles. The highest BCUT2D eigenvalue weighted by molar-refractivity contribution is 8.00. The molecule has 2 rings (SSSR count). The summed E-state index contributed by atoms with van der Waals surface area (Å²) in [7, 11) is 0. The van der Waals surface area contributed by atoms with Gasteiger partial charge in [0.2, 0.25) is 5.91 Å². The van der Waals surface area contributed by atoms with Crippen LogP contribution in [-0.4, -0.2) is 24.1 Å². The fourth-order valence-corrected chi connectivity index (χ4v) is 3.28. The van der Waals surface area contributed by atoms with Crippen molar-refractivity contribution >= 4 is 34.9 Å². The van der Waals surface area contributed by atoms with Crippen LogP contribution in [0.25, 0.3) is 0 Å². The minimum atomic E-state index is -0.395. The lowest BCUT2D eigenvalue weighted by Crippen LogP contribution is -2.26. The van der Waals surface area contributed by atoms with E-state index in [1.807, 2.05) is 35.7 Å². The molecule has 0 spiro atoms. The number of thioether (sulfide) groups is 1. The molecule has 2 aromatic rings. The molecule has 1 aromatic heterocycles. The molecule has 3 N–H and O–H groups in total. The molecule has 0 aliphatic carbocycles. The zero-order chi connectivity index (χ0) is 15.1. The molecule has 4 nitrogen and oxygen atoms in total. The third-order valence-electron chi connectivity index (χ3n) is 2.74. The van der Waals surface area contributed by atoms with Gasteiger partial charge < -0.3 is 11.1 Å². The largest absolute Gasteiger partial charge is 0.369 e. The molecule has 21 heavy (non-hydrogen) atoms. The first kappa shape index (κ1) is 15.6. The van der Waals surface area contributed by atoms with E-state index in [0.29, 0.717) is 12.1 Å². The summed E-state index contributed by atoms with van der Waals surface area (Å²) in [6, 6.07) is 11.3. The normalized spacial score (nSPS) is 10.3. The average Bonchev–Trinajstić information content (AvgIpc) is 2.98. The molecule has 0 aliphatic rings. The summed E-state index contributed by atoms with van der Waals surface area (Å²) in [6.07, 6.45) is 0.819. The Kier molecular flexibility index (Phi) is 5.83. The lowest BCUT2D eigenvalue weighted by molar-refractivity contribution is -0.115. The number of hydrogen-bond acceptors (Lipinski definition) is 4. The maximum Gasteiger partial charge on any atom is 0.252 e. The Morgan fingerprint density at radius 2 is 2.00 bits per heavy atom. The van der Waals surface area contributed by atoms with E-state index < -0.39 is 5.91 Å². The lowest BCUT2D eigenvalue weighted by atomic mass is 10.2. The molecular weight excluding hydrogens is 304 g/mol. The van der Waals surface area contributed by atoms with Crippen LogP contribution in [0.3, 0.4) is 0 Å². The van der Waals surface area contributed by atoms with Crippen LogP contribution in [0, 0.1) is 0 Å². The number of amides is 2. The first-order valence-electron chi connectivity index (χ1n) is 6.47. The van der Waals surface area contributed by atoms with Crippen LogP contribution in [-0.2, 0) is 11.2 Å². The second-order valence-electron chi connectivity index (χ2n) is 4.34. The Balaban J connectivity index is 1.93. The topological polar surface area (TPSA) is 72.2 Å². The van der Waals surface area contributed by atoms with Crippen molar-refractivity contribution in [1.82, 2.24) is 5.32 Å². The lowest BCUT2D eigenvalue weighted by Gasteiger charge is -2.09. The van der Waals surface area contributed by atoms with E-state index in [1.165, 1.54) is 16.6 Å². The Bertz CT molecular complexity index is 612. The van der Waals surface area contributed by atoms with Crippen molar-refractivity contribution in [3.05, 3.63) is 52.2 Å². The van der Waals surface area contributed by atoms with Gasteiger partial charge in [-0.2, -0.15) is 0 Å². The molecule has 1 aromatic carbocycles. The van der Waals surface area contributed by atoms with Gasteiger partial charge in [0.05, 0.1) is 11.3 Å². The maximum absolute atomic E-state index is 12.2. The van der Waals surface area contributed by atoms with Gasteiger partial charge >= 0.3 is 0 Å². The summed E-state index contributed by atoms with van der Waals surface area (Å²) in [5, 5.41) is 4.92. The molecule has 0 fully saturated rings. The minimum absolute atomic E-state index is 0.126. The minimum Gasteiger partial charge on any atom is -0.369 e. The SMILES string of the molecule is NC(=O)CSc1ccccc1C(=O)NCCc1cccs1. The van der Waals surface area contributed by atoms with Gasteiger partial charge in [-0.15, -0.1) is 23.1 Å². The summed E-state index contributed by atoms with van der Waals surface area (Å²) in [4.78, 5) is 25.1. The van der Waals surface area contributed by atoms with Gasteiger partial charge in [-0.3, -0.25) is 9.59 Å². The molecule has 6 heteroatoms. The van der Waals surface area contributed by atoms with Crippen molar-refractivity contribution in [3.8, 4) is 0 Å². The van der Waals surface area contributed by atoms with Crippen LogP contribution in [0.15, 0.2) is 46.7 Å². The number of carbonyl (C=O) groups excluding carboxylic acids is 2. The van der Waals surface area contributed by atoms with E-state index in [2.05, 4.69) is 5.32 Å². The first-order chi connectivity index (χ1) is 10.2. The predicted molar refractivity (Wildman–Crippen MR) is 86.7 cm³/mol. The molecular formula is C15H16N2O2S2. The molecule has 110 valence electrons. The second-order valence-corrected chi connectivity index (χ2v) is 6.39. The zero-order valence-corrected chi connectivity index (χ0v) is 13.0. The quantitative estimate of drug-likeness (QED) is 0.769. The highest BCUT2D eigenvalue weighted by Gasteiger charge is 2.11. The number of benzene rings is 1. The van der Waals surface area contributed by atoms with Crippen LogP contribution < -0.4 is 11.1 Å². The Morgan fingerprint density at radius 3 is 2.71 bits per heavy atom. The number of thiophene rings is 1. The number of nitrogens with two attached hydrogens (primary N) is 1. The van der Waals surface area contributed by atoms with Gasteiger partial charge in [0.1, 0.15) is 0 Å². The highest BCUT2D eigenvalue weighted by Crippen LogP contribution is 2.22. The third kappa shape index (κ3) is 4.91. The van der Waals surface area contributed by atoms with Crippen LogP contribution in [0.1, 0.15) is 15.2 Å². The molecule has 0 bridgehead atoms. The standard InChI is InChI=1S/C15H16N2O2S2/c16-14(18)10-21-13-6-2-1-5-12(13)15(19)17-8-7-11-4-3-9-20-11/h1-6,9H,7-8,10H2,(H2,16,18)(H,17,19). The predicted octanol–water partition coefficient (Wildman–Crippen LogP) is 2.30. The van der Waals surface area contributed by atoms with E-state index in [1.54, 1.807) is 17.4 Å². The maximum atomic E-state index is 12.2. The van der Waals surface area contributed by atoms with Crippen molar-refractivity contribution in [2.24, 2.45) is 5.73 Å². The van der Waals surface area contributed by atoms with Gasteiger partial charge in [-0.05, 0) is 30.0 Å². The Hall–Kier alpha value is -1.79. The molecule has 0 aliphatic heterocycles. The fraction of sp³-hybridized carbons (Fsp3) is 0.200. The van der Waals surface area contributed by atoms with Crippen molar-refractivity contribution < 1.29 is 9.59 Å². The summed E-state index contributed by atoms with van der Waals surface area (Å²) in [5.74, 6) is -0.355. The molecule has 0 radical (unpaired) electrons. The number of rotatable bonds is 7. The van der Waals surface area contributed by atoms with Gasteiger partial charge in [0, 0.05) is 16.3 Å². The van der Waals surface area contributed by atoms with Crippen molar-refractivity contribution in [3.63, 3.8) is 0 Å². The number of nitrogens with one attached hydrogen (secondary N) is 1. The Labute approximate surface area is 131 Å². The number of primary amides is 1. The number of hydrogen-bond donors (Lipinski definition) is 2. The van der Waals surface area contributed by atoms with Gasteiger partial charge in [0.15, 0.2) is 0 Å². The summed E-state index contributed by atoms with van der Waals surface area (Å²) in [6.45, 7) is 0.591. The van der Waals surface area contributed by atoms with Gasteiger partial charge in [0.25, 0.3) is 5.91 Å². The van der Waals surface area contributed by atoms with E-state index in [4.69, 9.17) is 5.73 Å². The van der Waals surface area contributed by atoms with Crippen LogP contribution in [0.4, 0.5) is 0 Å². The Morgan fingerprint density at radius 1 is 1.19 bits per heavy atom. The third-order valence-corrected chi connectivity index (χ3v) is 4.77. The second kappa shape index (κ2) is 7.85. The van der Waals surface area contributed by atoms with E-state index in [9.17, 15) is 9.59 Å². The van der Waals surface area contributed by atoms with E-state index in [0.717, 1.165) is 11.3 Å². The van der Waals surface area contributed by atoms with E-state index in [-0.39, 0.29) is 11.7 Å². The molecule has 2 amide bonds. The first-order valence-corrected chi connectivity index (χ1v) is 8.34. The van der Waals surface area contributed by atoms with Crippen LogP contribution in [0.5, 0.6) is 0 Å². The summed E-state index contributed by atoms with van der Waals surface area (Å²) in [5.41, 5.74) is 5.72. The molecule has 0 saturated carbocycles. The van der Waals surface area contributed by atoms with Crippen molar-refractivity contribution in [1.29, 1.82) is 0 Å². The zero-order valence-electron chi connectivity index (χ0n) is 11.4. The molecule has 0 unspecified atom stereocenters. The van der Waals surface area contributed by atoms with Crippen molar-refractivity contribution in [2.75, 3.05) is 12.3 Å². The average molecular weight is 320 g/mol. The number of carbonyl (C=O) groups is 2. The van der Waals surface area contributed by atoms with Gasteiger partial charge in [-0.1, -0.05) is 18.2 Å². The van der Waals surface area contributed by atoms with Crippen LogP contribution >= 0.6 is 23.1 Å². The summed E-state index contributed by atoms with van der Waals surface area (Å²) < 4.78 is 0. The smallest absolute Gasteiger partial charge is 0.252 e. The molecule has 1 heterocycles.